The summed E-state index contributed by atoms with van der Waals surface area (Å²) in [5, 5.41) is 61.4. The molecule has 0 bridgehead atoms. The Morgan fingerprint density at radius 1 is 0.865 bits per heavy atom. The Bertz CT molecular complexity index is 851. The van der Waals surface area contributed by atoms with Gasteiger partial charge in [0.15, 0.2) is 11.5 Å². The maximum absolute atomic E-state index is 11.4. The number of carbonyl (C=O) groups excluding carboxylic acids is 1. The minimum atomic E-state index is -1.93. The summed E-state index contributed by atoms with van der Waals surface area (Å²) < 4.78 is 21.8. The third-order valence-electron chi connectivity index (χ3n) is 6.49. The zero-order valence-electron chi connectivity index (χ0n) is 22.1. The number of hydrogen-bond donors (Lipinski definition) is 5. The number of unbranched alkanes of at least 4 members (excludes halogenated alkanes) is 7. The number of carboxylic acids is 1. The van der Waals surface area contributed by atoms with Crippen LogP contribution in [0.5, 0.6) is 23.0 Å². The van der Waals surface area contributed by atoms with Crippen molar-refractivity contribution in [2.75, 3.05) is 20.8 Å². The number of carboxylic acid groups (broad SMARTS) is 1. The number of carbonyl (C=O) groups is 1. The Hall–Kier alpha value is -1.31. The fraction of sp³-hybridized carbons (Fsp3) is 0.720. The van der Waals surface area contributed by atoms with Crippen molar-refractivity contribution in [1.29, 1.82) is 0 Å². The van der Waals surface area contributed by atoms with Crippen molar-refractivity contribution in [2.24, 2.45) is 0 Å². The molecule has 1 saturated heterocycles. The van der Waals surface area contributed by atoms with E-state index in [9.17, 15) is 30.3 Å². The molecule has 1 aromatic carbocycles. The van der Waals surface area contributed by atoms with Crippen molar-refractivity contribution >= 4 is 5.97 Å². The number of aliphatic carboxylic acids is 1. The molecular formula is C25H39NaO11. The summed E-state index contributed by atoms with van der Waals surface area (Å²) in [6.45, 7) is 1.89. The predicted octanol–water partition coefficient (Wildman–Crippen LogP) is -2.69. The van der Waals surface area contributed by atoms with E-state index in [1.807, 2.05) is 0 Å². The smallest absolute Gasteiger partial charge is 0.547 e. The van der Waals surface area contributed by atoms with Crippen LogP contribution in [0.25, 0.3) is 0 Å². The van der Waals surface area contributed by atoms with Crippen LogP contribution in [0.2, 0.25) is 0 Å². The third-order valence-corrected chi connectivity index (χ3v) is 6.49. The predicted molar refractivity (Wildman–Crippen MR) is 126 cm³/mol. The Morgan fingerprint density at radius 3 is 1.92 bits per heavy atom. The SMILES string of the molecule is COc1c(O)c(C)c(CCCCCCCCCCO)c(O[C@H]2OC(C(=O)[O-])[C@H](O)C(O)C2O)c1OC.[Na+]. The second-order valence-electron chi connectivity index (χ2n) is 8.98. The van der Waals surface area contributed by atoms with E-state index in [0.717, 1.165) is 51.4 Å². The van der Waals surface area contributed by atoms with Gasteiger partial charge in [-0.3, -0.25) is 0 Å². The van der Waals surface area contributed by atoms with Gasteiger partial charge >= 0.3 is 29.6 Å². The van der Waals surface area contributed by atoms with E-state index in [1.165, 1.54) is 14.2 Å². The molecule has 5 N–H and O–H groups in total. The zero-order chi connectivity index (χ0) is 26.8. The molecule has 3 unspecified atom stereocenters. The van der Waals surface area contributed by atoms with Gasteiger partial charge in [-0.15, -0.1) is 0 Å². The first-order valence-corrected chi connectivity index (χ1v) is 12.3. The van der Waals surface area contributed by atoms with Gasteiger partial charge in [-0.2, -0.15) is 0 Å². The summed E-state index contributed by atoms with van der Waals surface area (Å²) in [5.41, 5.74) is 1.00. The number of phenolic OH excluding ortho intramolecular Hbond substituents is 1. The van der Waals surface area contributed by atoms with Crippen LogP contribution in [-0.2, 0) is 16.0 Å². The number of benzene rings is 1. The van der Waals surface area contributed by atoms with Gasteiger partial charge in [-0.1, -0.05) is 38.5 Å². The van der Waals surface area contributed by atoms with Crippen LogP contribution >= 0.6 is 0 Å². The first kappa shape index (κ1) is 33.7. The van der Waals surface area contributed by atoms with Crippen LogP contribution in [0.15, 0.2) is 0 Å². The van der Waals surface area contributed by atoms with E-state index in [1.54, 1.807) is 6.92 Å². The Morgan fingerprint density at radius 2 is 1.41 bits per heavy atom. The number of methoxy groups -OCH3 is 2. The first-order chi connectivity index (χ1) is 17.2. The van der Waals surface area contributed by atoms with Crippen molar-refractivity contribution in [3.63, 3.8) is 0 Å². The fourth-order valence-electron chi connectivity index (χ4n) is 4.36. The van der Waals surface area contributed by atoms with E-state index in [4.69, 9.17) is 24.1 Å². The van der Waals surface area contributed by atoms with Gasteiger partial charge in [0.2, 0.25) is 17.8 Å². The quantitative estimate of drug-likeness (QED) is 0.116. The molecule has 1 fully saturated rings. The Balaban J connectivity index is 0.00000684. The van der Waals surface area contributed by atoms with Crippen molar-refractivity contribution < 1.29 is 83.9 Å². The minimum absolute atomic E-state index is 0. The van der Waals surface area contributed by atoms with Crippen LogP contribution in [0.3, 0.4) is 0 Å². The molecule has 37 heavy (non-hydrogen) atoms. The van der Waals surface area contributed by atoms with Gasteiger partial charge in [0, 0.05) is 17.7 Å². The summed E-state index contributed by atoms with van der Waals surface area (Å²) in [4.78, 5) is 11.4. The number of rotatable bonds is 15. The molecule has 1 heterocycles. The molecule has 2 rings (SSSR count). The van der Waals surface area contributed by atoms with Crippen LogP contribution in [-0.4, -0.2) is 83.0 Å². The molecule has 0 aliphatic carbocycles. The van der Waals surface area contributed by atoms with Crippen LogP contribution < -0.4 is 48.9 Å². The molecule has 0 saturated carbocycles. The molecule has 0 amide bonds. The van der Waals surface area contributed by atoms with Gasteiger partial charge in [0.25, 0.3) is 0 Å². The average Bonchev–Trinajstić information content (AvgIpc) is 2.86. The van der Waals surface area contributed by atoms with E-state index in [0.29, 0.717) is 17.5 Å². The molecular weight excluding hydrogens is 499 g/mol. The molecule has 1 aromatic rings. The number of aromatic hydroxyl groups is 1. The van der Waals surface area contributed by atoms with Gasteiger partial charge in [0.1, 0.15) is 24.4 Å². The molecule has 1 aliphatic heterocycles. The first-order valence-electron chi connectivity index (χ1n) is 12.3. The van der Waals surface area contributed by atoms with Gasteiger partial charge in [0.05, 0.1) is 20.2 Å². The molecule has 0 spiro atoms. The Labute approximate surface area is 239 Å². The van der Waals surface area contributed by atoms with E-state index in [2.05, 4.69) is 0 Å². The summed E-state index contributed by atoms with van der Waals surface area (Å²) >= 11 is 0. The number of ether oxygens (including phenoxy) is 4. The monoisotopic (exact) mass is 538 g/mol. The molecule has 206 valence electrons. The van der Waals surface area contributed by atoms with Crippen molar-refractivity contribution in [2.45, 2.75) is 95.4 Å². The number of aliphatic hydroxyl groups is 4. The molecule has 0 radical (unpaired) electrons. The molecule has 11 nitrogen and oxygen atoms in total. The second kappa shape index (κ2) is 16.6. The van der Waals surface area contributed by atoms with E-state index >= 15 is 0 Å². The standard InChI is InChI=1S/C25H40O11.Na/c1-14-15(12-10-8-6-4-5-7-9-11-13-26)20(23(34-3)21(33-2)16(14)27)35-25-19(30)17(28)18(29)22(36-25)24(31)32;/h17-19,22,25-30H,4-13H2,1-3H3,(H,31,32);/q;+1/p-1/t17?,18-,19?,22?,25+;/m1./s1. The average molecular weight is 539 g/mol. The van der Waals surface area contributed by atoms with Crippen molar-refractivity contribution in [3.8, 4) is 23.0 Å². The third kappa shape index (κ3) is 8.59. The molecule has 0 aromatic heterocycles. The summed E-state index contributed by atoms with van der Waals surface area (Å²) in [6, 6.07) is 0. The topological polar surface area (TPSA) is 178 Å². The van der Waals surface area contributed by atoms with Gasteiger partial charge in [-0.25, -0.2) is 0 Å². The van der Waals surface area contributed by atoms with Crippen LogP contribution in [0, 0.1) is 6.92 Å². The number of aliphatic hydroxyl groups excluding tert-OH is 4. The van der Waals surface area contributed by atoms with Crippen molar-refractivity contribution in [3.05, 3.63) is 11.1 Å². The number of phenols is 1. The Kier molecular flexibility index (Phi) is 15.1. The van der Waals surface area contributed by atoms with Gasteiger partial charge in [-0.05, 0) is 26.2 Å². The largest absolute Gasteiger partial charge is 1.00 e. The molecule has 5 atom stereocenters. The maximum Gasteiger partial charge on any atom is 1.00 e. The maximum atomic E-state index is 11.4. The molecule has 12 heteroatoms. The fourth-order valence-corrected chi connectivity index (χ4v) is 4.36. The van der Waals surface area contributed by atoms with Crippen molar-refractivity contribution in [1.82, 2.24) is 0 Å². The van der Waals surface area contributed by atoms with Crippen LogP contribution in [0.1, 0.15) is 62.5 Å². The minimum Gasteiger partial charge on any atom is -0.547 e. The summed E-state index contributed by atoms with van der Waals surface area (Å²) in [7, 11) is 2.67. The van der Waals surface area contributed by atoms with Gasteiger partial charge < -0.3 is 54.4 Å². The zero-order valence-corrected chi connectivity index (χ0v) is 24.1. The summed E-state index contributed by atoms with van der Waals surface area (Å²) in [6.07, 6.45) is -0.937. The van der Waals surface area contributed by atoms with Crippen LogP contribution in [0.4, 0.5) is 0 Å². The normalized spacial score (nSPS) is 23.3. The summed E-state index contributed by atoms with van der Waals surface area (Å²) in [5.74, 6) is -1.85. The van der Waals surface area contributed by atoms with E-state index < -0.39 is 36.7 Å². The van der Waals surface area contributed by atoms with E-state index in [-0.39, 0.29) is 59.2 Å². The molecule has 1 aliphatic rings. The number of hydrogen-bond acceptors (Lipinski definition) is 11. The second-order valence-corrected chi connectivity index (χ2v) is 8.98.